The highest BCUT2D eigenvalue weighted by atomic mass is 16.3. The quantitative estimate of drug-likeness (QED) is 0.597. The zero-order chi connectivity index (χ0) is 19.7. The molecule has 28 heavy (non-hydrogen) atoms. The molecule has 0 bridgehead atoms. The summed E-state index contributed by atoms with van der Waals surface area (Å²) in [5.74, 6) is 3.82. The van der Waals surface area contributed by atoms with Crippen LogP contribution in [0.4, 0.5) is 0 Å². The fourth-order valence-electron chi connectivity index (χ4n) is 10.1. The Morgan fingerprint density at radius 1 is 0.893 bits per heavy atom. The zero-order valence-electron chi connectivity index (χ0n) is 17.5. The number of aliphatic hydroxyl groups is 4. The highest BCUT2D eigenvalue weighted by Crippen LogP contribution is 2.82. The number of hydrogen-bond acceptors (Lipinski definition) is 4. The lowest BCUT2D eigenvalue weighted by Gasteiger charge is -2.64. The van der Waals surface area contributed by atoms with Crippen LogP contribution in [0.3, 0.4) is 0 Å². The summed E-state index contributed by atoms with van der Waals surface area (Å²) in [5, 5.41) is 43.4. The van der Waals surface area contributed by atoms with Gasteiger partial charge in [-0.2, -0.15) is 0 Å². The molecule has 0 radical (unpaired) electrons. The third-order valence-corrected chi connectivity index (χ3v) is 11.5. The molecule has 0 amide bonds. The van der Waals surface area contributed by atoms with Gasteiger partial charge in [-0.1, -0.05) is 13.8 Å². The first kappa shape index (κ1) is 18.6. The zero-order valence-corrected chi connectivity index (χ0v) is 17.5. The third kappa shape index (κ3) is 1.89. The number of aliphatic hydroxyl groups excluding tert-OH is 2. The van der Waals surface area contributed by atoms with E-state index >= 15 is 0 Å². The maximum absolute atomic E-state index is 11.9. The summed E-state index contributed by atoms with van der Waals surface area (Å²) in [6.07, 6.45) is 7.91. The first-order chi connectivity index (χ1) is 13.2. The molecule has 6 unspecified atom stereocenters. The van der Waals surface area contributed by atoms with E-state index in [2.05, 4.69) is 13.8 Å². The maximum atomic E-state index is 11.9. The Morgan fingerprint density at radius 3 is 2.36 bits per heavy atom. The average molecular weight is 391 g/mol. The number of rotatable bonds is 3. The summed E-state index contributed by atoms with van der Waals surface area (Å²) >= 11 is 0. The molecular formula is C24H38O4. The fourth-order valence-corrected chi connectivity index (χ4v) is 10.1. The maximum Gasteiger partial charge on any atom is 0.0759 e. The van der Waals surface area contributed by atoms with E-state index in [4.69, 9.17) is 0 Å². The number of fused-ring (bicyclic) bond motifs is 10. The van der Waals surface area contributed by atoms with Crippen LogP contribution in [0.15, 0.2) is 0 Å². The first-order valence-electron chi connectivity index (χ1n) is 11.9. The molecule has 0 aromatic heterocycles. The molecule has 0 aromatic rings. The molecule has 0 spiro atoms. The van der Waals surface area contributed by atoms with Gasteiger partial charge in [0, 0.05) is 13.0 Å². The van der Waals surface area contributed by atoms with Gasteiger partial charge in [-0.15, -0.1) is 0 Å². The molecule has 6 rings (SSSR count). The van der Waals surface area contributed by atoms with Crippen molar-refractivity contribution in [2.24, 2.45) is 52.3 Å². The van der Waals surface area contributed by atoms with E-state index in [1.165, 1.54) is 6.42 Å². The van der Waals surface area contributed by atoms with Crippen molar-refractivity contribution in [3.05, 3.63) is 0 Å². The van der Waals surface area contributed by atoms with Crippen LogP contribution < -0.4 is 0 Å². The average Bonchev–Trinajstić information content (AvgIpc) is 3.54. The summed E-state index contributed by atoms with van der Waals surface area (Å²) in [5.41, 5.74) is -1.38. The predicted molar refractivity (Wildman–Crippen MR) is 105 cm³/mol. The molecule has 6 saturated carbocycles. The summed E-state index contributed by atoms with van der Waals surface area (Å²) in [6, 6.07) is 0. The topological polar surface area (TPSA) is 80.9 Å². The Kier molecular flexibility index (Phi) is 3.56. The van der Waals surface area contributed by atoms with Crippen LogP contribution in [0.2, 0.25) is 0 Å². The predicted octanol–water partition coefficient (Wildman–Crippen LogP) is 2.72. The van der Waals surface area contributed by atoms with Crippen molar-refractivity contribution in [3.8, 4) is 0 Å². The van der Waals surface area contributed by atoms with E-state index in [0.29, 0.717) is 54.3 Å². The van der Waals surface area contributed by atoms with Gasteiger partial charge in [0.1, 0.15) is 0 Å². The molecule has 0 heterocycles. The molecule has 4 nitrogen and oxygen atoms in total. The molecule has 4 heteroatoms. The number of hydrogen-bond donors (Lipinski definition) is 4. The minimum absolute atomic E-state index is 0.0238. The fraction of sp³-hybridized carbons (Fsp3) is 1.00. The van der Waals surface area contributed by atoms with Crippen molar-refractivity contribution >= 4 is 0 Å². The van der Waals surface area contributed by atoms with E-state index in [0.717, 1.165) is 38.5 Å². The van der Waals surface area contributed by atoms with Gasteiger partial charge in [0.2, 0.25) is 0 Å². The van der Waals surface area contributed by atoms with Gasteiger partial charge in [0.05, 0.1) is 17.3 Å². The first-order valence-corrected chi connectivity index (χ1v) is 11.9. The molecule has 6 aliphatic carbocycles. The lowest BCUT2D eigenvalue weighted by atomic mass is 9.42. The van der Waals surface area contributed by atoms with Crippen molar-refractivity contribution in [1.82, 2.24) is 0 Å². The van der Waals surface area contributed by atoms with E-state index in [9.17, 15) is 20.4 Å². The van der Waals surface area contributed by atoms with Crippen LogP contribution in [0.1, 0.15) is 71.6 Å². The lowest BCUT2D eigenvalue weighted by Crippen LogP contribution is -2.65. The van der Waals surface area contributed by atoms with Crippen molar-refractivity contribution < 1.29 is 20.4 Å². The standard InChI is InChI=1S/C24H38O4/c1-21-7-4-13(26)12-24(21,28)17-10-14(17)19-16(21)5-8-22(2)20(19)15-11-18(15)23(22,27)6-3-9-25/h13-20,25-28H,3-12H2,1-2H3/t13?,14-,15?,16?,17+,18-,19?,20?,21+,22?,23-,24+/m0/s1. The Balaban J connectivity index is 1.38. The monoisotopic (exact) mass is 390 g/mol. The van der Waals surface area contributed by atoms with Crippen molar-refractivity contribution in [1.29, 1.82) is 0 Å². The molecule has 158 valence electrons. The van der Waals surface area contributed by atoms with Gasteiger partial charge < -0.3 is 20.4 Å². The summed E-state index contributed by atoms with van der Waals surface area (Å²) in [4.78, 5) is 0. The summed E-state index contributed by atoms with van der Waals surface area (Å²) < 4.78 is 0. The van der Waals surface area contributed by atoms with Crippen LogP contribution in [0, 0.1) is 52.3 Å². The van der Waals surface area contributed by atoms with Gasteiger partial charge in [-0.3, -0.25) is 0 Å². The molecule has 6 fully saturated rings. The second-order valence-electron chi connectivity index (χ2n) is 12.2. The van der Waals surface area contributed by atoms with E-state index in [1.807, 2.05) is 0 Å². The molecule has 0 aliphatic heterocycles. The van der Waals surface area contributed by atoms with Crippen molar-refractivity contribution in [3.63, 3.8) is 0 Å². The molecule has 4 N–H and O–H groups in total. The minimum Gasteiger partial charge on any atom is -0.396 e. The molecule has 0 saturated heterocycles. The Hall–Kier alpha value is -0.160. The molecule has 0 aromatic carbocycles. The van der Waals surface area contributed by atoms with Crippen LogP contribution in [0.5, 0.6) is 0 Å². The van der Waals surface area contributed by atoms with Gasteiger partial charge in [0.25, 0.3) is 0 Å². The highest BCUT2D eigenvalue weighted by Gasteiger charge is 2.80. The van der Waals surface area contributed by atoms with E-state index < -0.39 is 11.2 Å². The molecule has 6 aliphatic rings. The van der Waals surface area contributed by atoms with Crippen molar-refractivity contribution in [2.75, 3.05) is 6.61 Å². The van der Waals surface area contributed by atoms with Crippen molar-refractivity contribution in [2.45, 2.75) is 88.9 Å². The van der Waals surface area contributed by atoms with E-state index in [-0.39, 0.29) is 23.5 Å². The Morgan fingerprint density at radius 2 is 1.61 bits per heavy atom. The lowest BCUT2D eigenvalue weighted by molar-refractivity contribution is -0.237. The van der Waals surface area contributed by atoms with Gasteiger partial charge in [-0.05, 0) is 104 Å². The second kappa shape index (κ2) is 5.36. The van der Waals surface area contributed by atoms with E-state index in [1.54, 1.807) is 0 Å². The molecule has 12 atom stereocenters. The Labute approximate surface area is 168 Å². The van der Waals surface area contributed by atoms with Gasteiger partial charge in [-0.25, -0.2) is 0 Å². The highest BCUT2D eigenvalue weighted by molar-refractivity contribution is 5.29. The van der Waals surface area contributed by atoms with Crippen LogP contribution in [-0.4, -0.2) is 44.3 Å². The Bertz CT molecular complexity index is 696. The SMILES string of the molecule is CC12CCC3C(C1C1C[C@@H]1[C@@]2(O)CCCO)[C@H]1C[C@H]1[C@]1(O)CC(O)CC[C@]31C. The van der Waals surface area contributed by atoms with Crippen LogP contribution in [0.25, 0.3) is 0 Å². The second-order valence-corrected chi connectivity index (χ2v) is 12.2. The normalized spacial score (nSPS) is 66.2. The smallest absolute Gasteiger partial charge is 0.0759 e. The van der Waals surface area contributed by atoms with Gasteiger partial charge >= 0.3 is 0 Å². The molecular weight excluding hydrogens is 352 g/mol. The minimum atomic E-state index is -0.682. The summed E-state index contributed by atoms with van der Waals surface area (Å²) in [7, 11) is 0. The van der Waals surface area contributed by atoms with Gasteiger partial charge in [0.15, 0.2) is 0 Å². The van der Waals surface area contributed by atoms with Crippen LogP contribution >= 0.6 is 0 Å². The third-order valence-electron chi connectivity index (χ3n) is 11.5. The summed E-state index contributed by atoms with van der Waals surface area (Å²) in [6.45, 7) is 4.87. The largest absolute Gasteiger partial charge is 0.396 e. The van der Waals surface area contributed by atoms with Crippen LogP contribution in [-0.2, 0) is 0 Å².